The Bertz CT molecular complexity index is 527. The standard InChI is InChI=1S/C14H21NO4S/c1-19-12-6-8-13(9-7-12)20(17,18)15-14-5-3-2-4-11(14)10-16/h6-9,11,14-16H,2-5,10H2,1H3. The van der Waals surface area contributed by atoms with Gasteiger partial charge in [0.05, 0.1) is 12.0 Å². The Labute approximate surface area is 120 Å². The van der Waals surface area contributed by atoms with E-state index in [2.05, 4.69) is 4.72 Å². The Balaban J connectivity index is 2.12. The van der Waals surface area contributed by atoms with Crippen LogP contribution in [-0.4, -0.2) is 33.3 Å². The van der Waals surface area contributed by atoms with Crippen LogP contribution >= 0.6 is 0 Å². The van der Waals surface area contributed by atoms with E-state index < -0.39 is 10.0 Å². The molecular weight excluding hydrogens is 278 g/mol. The molecule has 5 nitrogen and oxygen atoms in total. The van der Waals surface area contributed by atoms with Crippen molar-refractivity contribution in [3.8, 4) is 5.75 Å². The number of ether oxygens (including phenoxy) is 1. The summed E-state index contributed by atoms with van der Waals surface area (Å²) >= 11 is 0. The molecule has 1 fully saturated rings. The zero-order valence-corrected chi connectivity index (χ0v) is 12.4. The first-order valence-electron chi connectivity index (χ1n) is 6.84. The number of sulfonamides is 1. The maximum absolute atomic E-state index is 12.3. The van der Waals surface area contributed by atoms with Gasteiger partial charge in [-0.15, -0.1) is 0 Å². The van der Waals surface area contributed by atoms with Crippen molar-refractivity contribution in [2.75, 3.05) is 13.7 Å². The van der Waals surface area contributed by atoms with Gasteiger partial charge in [-0.2, -0.15) is 0 Å². The van der Waals surface area contributed by atoms with Crippen molar-refractivity contribution in [2.24, 2.45) is 5.92 Å². The molecule has 20 heavy (non-hydrogen) atoms. The molecule has 2 N–H and O–H groups in total. The molecule has 2 atom stereocenters. The van der Waals surface area contributed by atoms with Crippen LogP contribution in [0.4, 0.5) is 0 Å². The molecule has 0 aromatic heterocycles. The first-order chi connectivity index (χ1) is 9.56. The lowest BCUT2D eigenvalue weighted by Crippen LogP contribution is -2.43. The van der Waals surface area contributed by atoms with Crippen LogP contribution in [-0.2, 0) is 10.0 Å². The molecule has 0 aliphatic heterocycles. The molecular formula is C14H21NO4S. The van der Waals surface area contributed by atoms with E-state index in [1.54, 1.807) is 12.1 Å². The first kappa shape index (κ1) is 15.3. The molecule has 1 aliphatic carbocycles. The van der Waals surface area contributed by atoms with Crippen LogP contribution in [0.15, 0.2) is 29.2 Å². The zero-order chi connectivity index (χ0) is 14.6. The molecule has 0 bridgehead atoms. The van der Waals surface area contributed by atoms with Crippen molar-refractivity contribution in [1.82, 2.24) is 4.72 Å². The average Bonchev–Trinajstić information content (AvgIpc) is 2.47. The lowest BCUT2D eigenvalue weighted by Gasteiger charge is -2.30. The highest BCUT2D eigenvalue weighted by molar-refractivity contribution is 7.89. The summed E-state index contributed by atoms with van der Waals surface area (Å²) in [5, 5.41) is 9.35. The molecule has 1 aliphatic rings. The van der Waals surface area contributed by atoms with Gasteiger partial charge in [0, 0.05) is 12.6 Å². The van der Waals surface area contributed by atoms with Crippen molar-refractivity contribution < 1.29 is 18.3 Å². The normalized spacial score (nSPS) is 23.5. The summed E-state index contributed by atoms with van der Waals surface area (Å²) in [7, 11) is -2.01. The molecule has 6 heteroatoms. The van der Waals surface area contributed by atoms with Gasteiger partial charge in [0.25, 0.3) is 0 Å². The largest absolute Gasteiger partial charge is 0.497 e. The zero-order valence-electron chi connectivity index (χ0n) is 11.6. The summed E-state index contributed by atoms with van der Waals surface area (Å²) in [6.07, 6.45) is 3.69. The lowest BCUT2D eigenvalue weighted by atomic mass is 9.86. The van der Waals surface area contributed by atoms with Crippen LogP contribution in [0.1, 0.15) is 25.7 Å². The second kappa shape index (κ2) is 6.56. The molecule has 0 amide bonds. The van der Waals surface area contributed by atoms with Crippen molar-refractivity contribution in [3.05, 3.63) is 24.3 Å². The maximum atomic E-state index is 12.3. The quantitative estimate of drug-likeness (QED) is 0.864. The number of hydrogen-bond donors (Lipinski definition) is 2. The molecule has 0 spiro atoms. The number of aliphatic hydroxyl groups excluding tert-OH is 1. The Morgan fingerprint density at radius 2 is 1.90 bits per heavy atom. The van der Waals surface area contributed by atoms with Crippen LogP contribution < -0.4 is 9.46 Å². The van der Waals surface area contributed by atoms with E-state index in [9.17, 15) is 13.5 Å². The number of benzene rings is 1. The summed E-state index contributed by atoms with van der Waals surface area (Å²) in [6.45, 7) is 0.0236. The summed E-state index contributed by atoms with van der Waals surface area (Å²) in [4.78, 5) is 0.223. The predicted molar refractivity (Wildman–Crippen MR) is 76.1 cm³/mol. The van der Waals surface area contributed by atoms with Gasteiger partial charge in [0.1, 0.15) is 5.75 Å². The maximum Gasteiger partial charge on any atom is 0.240 e. The van der Waals surface area contributed by atoms with Crippen molar-refractivity contribution in [1.29, 1.82) is 0 Å². The highest BCUT2D eigenvalue weighted by atomic mass is 32.2. The minimum Gasteiger partial charge on any atom is -0.497 e. The second-order valence-corrected chi connectivity index (χ2v) is 6.84. The molecule has 2 unspecified atom stereocenters. The summed E-state index contributed by atoms with van der Waals surface area (Å²) in [6, 6.07) is 6.12. The topological polar surface area (TPSA) is 75.6 Å². The van der Waals surface area contributed by atoms with Gasteiger partial charge in [-0.3, -0.25) is 0 Å². The average molecular weight is 299 g/mol. The molecule has 112 valence electrons. The van der Waals surface area contributed by atoms with E-state index >= 15 is 0 Å². The predicted octanol–water partition coefficient (Wildman–Crippen LogP) is 1.52. The highest BCUT2D eigenvalue weighted by Crippen LogP contribution is 2.25. The molecule has 1 saturated carbocycles. The van der Waals surface area contributed by atoms with E-state index in [0.29, 0.717) is 5.75 Å². The fraction of sp³-hybridized carbons (Fsp3) is 0.571. The number of aliphatic hydroxyl groups is 1. The Hall–Kier alpha value is -1.11. The van der Waals surface area contributed by atoms with Crippen LogP contribution in [0.2, 0.25) is 0 Å². The Morgan fingerprint density at radius 3 is 2.50 bits per heavy atom. The molecule has 0 saturated heterocycles. The molecule has 0 heterocycles. The van der Waals surface area contributed by atoms with E-state index in [1.807, 2.05) is 0 Å². The van der Waals surface area contributed by atoms with Crippen molar-refractivity contribution in [3.63, 3.8) is 0 Å². The molecule has 1 aromatic rings. The molecule has 0 radical (unpaired) electrons. The van der Waals surface area contributed by atoms with E-state index in [0.717, 1.165) is 25.7 Å². The number of methoxy groups -OCH3 is 1. The highest BCUT2D eigenvalue weighted by Gasteiger charge is 2.28. The Kier molecular flexibility index (Phi) is 5.01. The van der Waals surface area contributed by atoms with Crippen molar-refractivity contribution in [2.45, 2.75) is 36.6 Å². The molecule has 2 rings (SSSR count). The fourth-order valence-electron chi connectivity index (χ4n) is 2.60. The van der Waals surface area contributed by atoms with Crippen LogP contribution in [0, 0.1) is 5.92 Å². The van der Waals surface area contributed by atoms with Gasteiger partial charge in [-0.05, 0) is 43.0 Å². The van der Waals surface area contributed by atoms with Crippen LogP contribution in [0.5, 0.6) is 5.75 Å². The number of rotatable bonds is 5. The third-order valence-corrected chi connectivity index (χ3v) is 5.33. The van der Waals surface area contributed by atoms with E-state index in [4.69, 9.17) is 4.74 Å². The van der Waals surface area contributed by atoms with Gasteiger partial charge in [0.2, 0.25) is 10.0 Å². The third kappa shape index (κ3) is 3.50. The summed E-state index contributed by atoms with van der Waals surface area (Å²) < 4.78 is 32.4. The number of nitrogens with one attached hydrogen (secondary N) is 1. The monoisotopic (exact) mass is 299 g/mol. The van der Waals surface area contributed by atoms with E-state index in [1.165, 1.54) is 19.2 Å². The fourth-order valence-corrected chi connectivity index (χ4v) is 3.94. The number of hydrogen-bond acceptors (Lipinski definition) is 4. The first-order valence-corrected chi connectivity index (χ1v) is 8.32. The minimum absolute atomic E-state index is 0.0109. The van der Waals surface area contributed by atoms with Gasteiger partial charge >= 0.3 is 0 Å². The second-order valence-electron chi connectivity index (χ2n) is 5.13. The minimum atomic E-state index is -3.54. The van der Waals surface area contributed by atoms with Gasteiger partial charge in [0.15, 0.2) is 0 Å². The molecule has 1 aromatic carbocycles. The summed E-state index contributed by atoms with van der Waals surface area (Å²) in [5.41, 5.74) is 0. The third-order valence-electron chi connectivity index (χ3n) is 3.82. The smallest absolute Gasteiger partial charge is 0.240 e. The van der Waals surface area contributed by atoms with Gasteiger partial charge < -0.3 is 9.84 Å². The van der Waals surface area contributed by atoms with E-state index in [-0.39, 0.29) is 23.5 Å². The lowest BCUT2D eigenvalue weighted by molar-refractivity contribution is 0.164. The SMILES string of the molecule is COc1ccc(S(=O)(=O)NC2CCCCC2CO)cc1. The van der Waals surface area contributed by atoms with Gasteiger partial charge in [-0.1, -0.05) is 12.8 Å². The van der Waals surface area contributed by atoms with Crippen LogP contribution in [0.25, 0.3) is 0 Å². The Morgan fingerprint density at radius 1 is 1.25 bits per heavy atom. The summed E-state index contributed by atoms with van der Waals surface area (Å²) in [5.74, 6) is 0.631. The van der Waals surface area contributed by atoms with Gasteiger partial charge in [-0.25, -0.2) is 13.1 Å². The van der Waals surface area contributed by atoms with Crippen molar-refractivity contribution >= 4 is 10.0 Å². The van der Waals surface area contributed by atoms with Crippen LogP contribution in [0.3, 0.4) is 0 Å².